The van der Waals surface area contributed by atoms with Crippen molar-refractivity contribution in [1.82, 2.24) is 10.6 Å². The van der Waals surface area contributed by atoms with Crippen LogP contribution in [0.5, 0.6) is 0 Å². The summed E-state index contributed by atoms with van der Waals surface area (Å²) in [6.45, 7) is 6.77. The molecule has 1 atom stereocenters. The molecule has 1 unspecified atom stereocenters. The predicted octanol–water partition coefficient (Wildman–Crippen LogP) is 2.76. The summed E-state index contributed by atoms with van der Waals surface area (Å²) in [5, 5.41) is 7.07. The van der Waals surface area contributed by atoms with Crippen LogP contribution in [0.3, 0.4) is 0 Å². The Hall–Kier alpha value is -0.570. The van der Waals surface area contributed by atoms with E-state index in [1.54, 1.807) is 0 Å². The Labute approximate surface area is 117 Å². The molecule has 1 saturated heterocycles. The Balaban J connectivity index is 0.00000162. The van der Waals surface area contributed by atoms with Gasteiger partial charge >= 0.3 is 0 Å². The molecule has 0 aliphatic carbocycles. The lowest BCUT2D eigenvalue weighted by atomic mass is 9.99. The molecule has 2 N–H and O–H groups in total. The van der Waals surface area contributed by atoms with Crippen molar-refractivity contribution in [3.63, 3.8) is 0 Å². The Morgan fingerprint density at radius 2 is 2.06 bits per heavy atom. The van der Waals surface area contributed by atoms with E-state index in [0.29, 0.717) is 0 Å². The zero-order valence-electron chi connectivity index (χ0n) is 11.2. The van der Waals surface area contributed by atoms with Gasteiger partial charge in [-0.05, 0) is 55.9 Å². The minimum Gasteiger partial charge on any atom is -0.316 e. The Bertz CT molecular complexity index is 335. The molecule has 1 aromatic rings. The van der Waals surface area contributed by atoms with E-state index in [-0.39, 0.29) is 12.4 Å². The van der Waals surface area contributed by atoms with Gasteiger partial charge in [-0.2, -0.15) is 0 Å². The molecule has 0 saturated carbocycles. The molecule has 1 aromatic carbocycles. The fourth-order valence-corrected chi connectivity index (χ4v) is 2.58. The molecule has 18 heavy (non-hydrogen) atoms. The summed E-state index contributed by atoms with van der Waals surface area (Å²) in [7, 11) is 0. The fraction of sp³-hybridized carbons (Fsp3) is 0.600. The summed E-state index contributed by atoms with van der Waals surface area (Å²) < 4.78 is 0. The maximum atomic E-state index is 3.61. The molecule has 3 heteroatoms. The number of piperidine rings is 1. The maximum absolute atomic E-state index is 3.61. The number of benzene rings is 1. The van der Waals surface area contributed by atoms with Crippen LogP contribution >= 0.6 is 12.4 Å². The second kappa shape index (κ2) is 8.52. The monoisotopic (exact) mass is 268 g/mol. The van der Waals surface area contributed by atoms with Crippen LogP contribution in [0.1, 0.15) is 30.9 Å². The smallest absolute Gasteiger partial charge is 0.0208 e. The average molecular weight is 269 g/mol. The quantitative estimate of drug-likeness (QED) is 0.858. The largest absolute Gasteiger partial charge is 0.316 e. The summed E-state index contributed by atoms with van der Waals surface area (Å²) in [6, 6.07) is 8.75. The van der Waals surface area contributed by atoms with E-state index in [1.807, 2.05) is 0 Å². The average Bonchev–Trinajstić information content (AvgIpc) is 2.40. The van der Waals surface area contributed by atoms with Crippen LogP contribution in [0.2, 0.25) is 0 Å². The molecule has 0 radical (unpaired) electrons. The van der Waals surface area contributed by atoms with Gasteiger partial charge < -0.3 is 10.6 Å². The highest BCUT2D eigenvalue weighted by Crippen LogP contribution is 2.11. The molecular formula is C15H25ClN2. The first kappa shape index (κ1) is 15.5. The second-order valence-electron chi connectivity index (χ2n) is 4.97. The third-order valence-corrected chi connectivity index (χ3v) is 3.65. The summed E-state index contributed by atoms with van der Waals surface area (Å²) in [5.41, 5.74) is 2.93. The van der Waals surface area contributed by atoms with E-state index < -0.39 is 0 Å². The SMILES string of the molecule is CCc1ccccc1CNCC1CCCNC1.Cl. The van der Waals surface area contributed by atoms with E-state index in [4.69, 9.17) is 0 Å². The number of hydrogen-bond acceptors (Lipinski definition) is 2. The van der Waals surface area contributed by atoms with Gasteiger partial charge in [0.05, 0.1) is 0 Å². The van der Waals surface area contributed by atoms with Gasteiger partial charge in [-0.15, -0.1) is 12.4 Å². The number of aryl methyl sites for hydroxylation is 1. The van der Waals surface area contributed by atoms with Crippen LogP contribution in [-0.2, 0) is 13.0 Å². The molecule has 2 rings (SSSR count). The van der Waals surface area contributed by atoms with Crippen LogP contribution in [0.15, 0.2) is 24.3 Å². The fourth-order valence-electron chi connectivity index (χ4n) is 2.58. The molecule has 0 bridgehead atoms. The third-order valence-electron chi connectivity index (χ3n) is 3.65. The lowest BCUT2D eigenvalue weighted by molar-refractivity contribution is 0.360. The summed E-state index contributed by atoms with van der Waals surface area (Å²) in [4.78, 5) is 0. The summed E-state index contributed by atoms with van der Waals surface area (Å²) in [5.74, 6) is 0.817. The lowest BCUT2D eigenvalue weighted by Crippen LogP contribution is -2.35. The zero-order chi connectivity index (χ0) is 11.9. The molecule has 1 fully saturated rings. The van der Waals surface area contributed by atoms with Crippen LogP contribution in [0, 0.1) is 5.92 Å². The van der Waals surface area contributed by atoms with Crippen molar-refractivity contribution >= 4 is 12.4 Å². The molecule has 102 valence electrons. The van der Waals surface area contributed by atoms with Crippen molar-refractivity contribution in [2.45, 2.75) is 32.7 Å². The zero-order valence-corrected chi connectivity index (χ0v) is 12.1. The van der Waals surface area contributed by atoms with Crippen molar-refractivity contribution in [2.75, 3.05) is 19.6 Å². The molecule has 2 nitrogen and oxygen atoms in total. The number of nitrogens with one attached hydrogen (secondary N) is 2. The van der Waals surface area contributed by atoms with E-state index in [1.165, 1.54) is 37.1 Å². The molecule has 1 heterocycles. The molecular weight excluding hydrogens is 244 g/mol. The minimum absolute atomic E-state index is 0. The van der Waals surface area contributed by atoms with Crippen molar-refractivity contribution in [3.05, 3.63) is 35.4 Å². The van der Waals surface area contributed by atoms with E-state index in [9.17, 15) is 0 Å². The second-order valence-corrected chi connectivity index (χ2v) is 4.97. The van der Waals surface area contributed by atoms with Crippen LogP contribution in [0.4, 0.5) is 0 Å². The molecule has 1 aliphatic heterocycles. The van der Waals surface area contributed by atoms with Crippen molar-refractivity contribution in [3.8, 4) is 0 Å². The van der Waals surface area contributed by atoms with Crippen molar-refractivity contribution in [2.24, 2.45) is 5.92 Å². The highest BCUT2D eigenvalue weighted by molar-refractivity contribution is 5.85. The Morgan fingerprint density at radius 3 is 2.72 bits per heavy atom. The summed E-state index contributed by atoms with van der Waals surface area (Å²) in [6.07, 6.45) is 3.83. The highest BCUT2D eigenvalue weighted by atomic mass is 35.5. The van der Waals surface area contributed by atoms with Crippen LogP contribution < -0.4 is 10.6 Å². The Kier molecular flexibility index (Phi) is 7.33. The van der Waals surface area contributed by atoms with Gasteiger partial charge in [0, 0.05) is 6.54 Å². The van der Waals surface area contributed by atoms with Crippen LogP contribution in [0.25, 0.3) is 0 Å². The van der Waals surface area contributed by atoms with E-state index in [0.717, 1.165) is 25.4 Å². The van der Waals surface area contributed by atoms with E-state index in [2.05, 4.69) is 41.8 Å². The maximum Gasteiger partial charge on any atom is 0.0208 e. The first-order chi connectivity index (χ1) is 8.40. The van der Waals surface area contributed by atoms with Gasteiger partial charge in [-0.1, -0.05) is 31.2 Å². The number of hydrogen-bond donors (Lipinski definition) is 2. The van der Waals surface area contributed by atoms with Gasteiger partial charge in [-0.3, -0.25) is 0 Å². The summed E-state index contributed by atoms with van der Waals surface area (Å²) >= 11 is 0. The topological polar surface area (TPSA) is 24.1 Å². The number of halogens is 1. The van der Waals surface area contributed by atoms with Gasteiger partial charge in [-0.25, -0.2) is 0 Å². The predicted molar refractivity (Wildman–Crippen MR) is 80.4 cm³/mol. The first-order valence-corrected chi connectivity index (χ1v) is 6.88. The van der Waals surface area contributed by atoms with Gasteiger partial charge in [0.1, 0.15) is 0 Å². The molecule has 0 aromatic heterocycles. The first-order valence-electron chi connectivity index (χ1n) is 6.88. The van der Waals surface area contributed by atoms with Gasteiger partial charge in [0.25, 0.3) is 0 Å². The van der Waals surface area contributed by atoms with Crippen molar-refractivity contribution < 1.29 is 0 Å². The third kappa shape index (κ3) is 4.60. The Morgan fingerprint density at radius 1 is 1.28 bits per heavy atom. The lowest BCUT2D eigenvalue weighted by Gasteiger charge is -2.23. The molecule has 1 aliphatic rings. The minimum atomic E-state index is 0. The van der Waals surface area contributed by atoms with Crippen LogP contribution in [-0.4, -0.2) is 19.6 Å². The van der Waals surface area contributed by atoms with E-state index >= 15 is 0 Å². The number of rotatable bonds is 5. The molecule has 0 spiro atoms. The highest BCUT2D eigenvalue weighted by Gasteiger charge is 2.12. The van der Waals surface area contributed by atoms with Gasteiger partial charge in [0.2, 0.25) is 0 Å². The molecule has 0 amide bonds. The van der Waals surface area contributed by atoms with Crippen molar-refractivity contribution in [1.29, 1.82) is 0 Å². The van der Waals surface area contributed by atoms with Gasteiger partial charge in [0.15, 0.2) is 0 Å². The normalized spacial score (nSPS) is 19.3. The standard InChI is InChI=1S/C15H24N2.ClH/c1-2-14-7-3-4-8-15(14)12-17-11-13-6-5-9-16-10-13;/h3-4,7-8,13,16-17H,2,5-6,9-12H2,1H3;1H.